The Morgan fingerprint density at radius 2 is 1.95 bits per heavy atom. The number of aromatic carboxylic acids is 1. The molecule has 104 valence electrons. The second-order valence-corrected chi connectivity index (χ2v) is 6.08. The lowest BCUT2D eigenvalue weighted by atomic mass is 10.1. The number of carboxylic acids is 1. The first-order valence-corrected chi connectivity index (χ1v) is 7.46. The number of amides is 1. The van der Waals surface area contributed by atoms with E-state index in [0.29, 0.717) is 11.3 Å². The van der Waals surface area contributed by atoms with Gasteiger partial charge in [-0.2, -0.15) is 0 Å². The van der Waals surface area contributed by atoms with Crippen molar-refractivity contribution in [3.05, 3.63) is 49.6 Å². The number of carboxylic acid groups (broad SMARTS) is 1. The summed E-state index contributed by atoms with van der Waals surface area (Å²) >= 11 is 4.48. The second-order valence-electron chi connectivity index (χ2n) is 4.35. The Morgan fingerprint density at radius 1 is 1.25 bits per heavy atom. The number of nitrogens with one attached hydrogen (secondary N) is 1. The van der Waals surface area contributed by atoms with Gasteiger partial charge in [0.1, 0.15) is 4.88 Å². The lowest BCUT2D eigenvalue weighted by molar-refractivity contribution is 0.0703. The van der Waals surface area contributed by atoms with E-state index in [2.05, 4.69) is 21.2 Å². The van der Waals surface area contributed by atoms with Crippen LogP contribution in [-0.2, 0) is 0 Å². The summed E-state index contributed by atoms with van der Waals surface area (Å²) in [5.41, 5.74) is 2.61. The number of hydrogen-bond donors (Lipinski definition) is 2. The molecule has 1 aromatic heterocycles. The number of rotatable bonds is 3. The highest BCUT2D eigenvalue weighted by Crippen LogP contribution is 2.28. The number of carbonyl (C=O) groups is 2. The molecule has 1 amide bonds. The van der Waals surface area contributed by atoms with Crippen molar-refractivity contribution in [1.29, 1.82) is 0 Å². The standard InChI is InChI=1S/C14H12BrNO3S/c1-7-3-4-9(5-10(7)15)13(17)16-11-8(2)6-20-12(11)14(18)19/h3-6H,1-2H3,(H,16,17)(H,18,19). The van der Waals surface area contributed by atoms with Crippen LogP contribution in [0, 0.1) is 13.8 Å². The average molecular weight is 354 g/mol. The summed E-state index contributed by atoms with van der Waals surface area (Å²) in [5, 5.41) is 13.5. The monoisotopic (exact) mass is 353 g/mol. The third-order valence-corrected chi connectivity index (χ3v) is 4.78. The molecule has 0 saturated heterocycles. The van der Waals surface area contributed by atoms with Crippen molar-refractivity contribution in [2.45, 2.75) is 13.8 Å². The maximum Gasteiger partial charge on any atom is 0.348 e. The van der Waals surface area contributed by atoms with E-state index in [-0.39, 0.29) is 10.8 Å². The highest BCUT2D eigenvalue weighted by Gasteiger charge is 2.18. The third kappa shape index (κ3) is 2.91. The number of benzene rings is 1. The summed E-state index contributed by atoms with van der Waals surface area (Å²) in [6.07, 6.45) is 0. The first-order valence-electron chi connectivity index (χ1n) is 5.79. The molecular formula is C14H12BrNO3S. The van der Waals surface area contributed by atoms with Crippen molar-refractivity contribution in [2.24, 2.45) is 0 Å². The molecule has 6 heteroatoms. The largest absolute Gasteiger partial charge is 0.477 e. The zero-order chi connectivity index (χ0) is 14.9. The minimum atomic E-state index is -1.04. The first-order chi connectivity index (χ1) is 9.40. The number of thiophene rings is 1. The highest BCUT2D eigenvalue weighted by atomic mass is 79.9. The maximum atomic E-state index is 12.2. The van der Waals surface area contributed by atoms with E-state index >= 15 is 0 Å². The van der Waals surface area contributed by atoms with E-state index in [1.165, 1.54) is 0 Å². The van der Waals surface area contributed by atoms with Crippen LogP contribution in [0.3, 0.4) is 0 Å². The average Bonchev–Trinajstić information content (AvgIpc) is 2.74. The number of anilines is 1. The van der Waals surface area contributed by atoms with Crippen molar-refractivity contribution < 1.29 is 14.7 Å². The van der Waals surface area contributed by atoms with Gasteiger partial charge >= 0.3 is 5.97 Å². The van der Waals surface area contributed by atoms with Gasteiger partial charge in [0.15, 0.2) is 0 Å². The molecule has 0 atom stereocenters. The Balaban J connectivity index is 2.30. The minimum Gasteiger partial charge on any atom is -0.477 e. The van der Waals surface area contributed by atoms with Crippen LogP contribution in [0.1, 0.15) is 31.2 Å². The van der Waals surface area contributed by atoms with Gasteiger partial charge < -0.3 is 10.4 Å². The van der Waals surface area contributed by atoms with Crippen molar-refractivity contribution in [2.75, 3.05) is 5.32 Å². The van der Waals surface area contributed by atoms with E-state index in [4.69, 9.17) is 5.11 Å². The molecule has 0 aliphatic rings. The van der Waals surface area contributed by atoms with Crippen LogP contribution in [0.5, 0.6) is 0 Å². The van der Waals surface area contributed by atoms with E-state index in [0.717, 1.165) is 26.9 Å². The number of hydrogen-bond acceptors (Lipinski definition) is 3. The molecule has 20 heavy (non-hydrogen) atoms. The van der Waals surface area contributed by atoms with E-state index in [1.54, 1.807) is 24.4 Å². The van der Waals surface area contributed by atoms with Gasteiger partial charge in [0.05, 0.1) is 5.69 Å². The molecular weight excluding hydrogens is 342 g/mol. The van der Waals surface area contributed by atoms with Crippen LogP contribution < -0.4 is 5.32 Å². The van der Waals surface area contributed by atoms with Gasteiger partial charge in [-0.1, -0.05) is 22.0 Å². The van der Waals surface area contributed by atoms with Crippen LogP contribution in [0.4, 0.5) is 5.69 Å². The first kappa shape index (κ1) is 14.7. The van der Waals surface area contributed by atoms with Crippen molar-refractivity contribution in [3.63, 3.8) is 0 Å². The normalized spacial score (nSPS) is 10.3. The Hall–Kier alpha value is -1.66. The Morgan fingerprint density at radius 3 is 2.55 bits per heavy atom. The predicted octanol–water partition coefficient (Wildman–Crippen LogP) is 4.08. The SMILES string of the molecule is Cc1ccc(C(=O)Nc2c(C)csc2C(=O)O)cc1Br. The van der Waals surface area contributed by atoms with Gasteiger partial charge in [-0.3, -0.25) is 4.79 Å². The number of carbonyl (C=O) groups excluding carboxylic acids is 1. The van der Waals surface area contributed by atoms with Gasteiger partial charge in [0, 0.05) is 10.0 Å². The summed E-state index contributed by atoms with van der Waals surface area (Å²) in [4.78, 5) is 23.4. The molecule has 2 aromatic rings. The molecule has 0 unspecified atom stereocenters. The van der Waals surface area contributed by atoms with Crippen molar-refractivity contribution in [3.8, 4) is 0 Å². The van der Waals surface area contributed by atoms with Crippen molar-refractivity contribution in [1.82, 2.24) is 0 Å². The zero-order valence-electron chi connectivity index (χ0n) is 10.9. The Kier molecular flexibility index (Phi) is 4.25. The number of halogens is 1. The lowest BCUT2D eigenvalue weighted by Crippen LogP contribution is -2.14. The Labute approximate surface area is 128 Å². The summed E-state index contributed by atoms with van der Waals surface area (Å²) < 4.78 is 0.839. The highest BCUT2D eigenvalue weighted by molar-refractivity contribution is 9.10. The molecule has 0 aliphatic heterocycles. The molecule has 2 rings (SSSR count). The van der Waals surface area contributed by atoms with Crippen LogP contribution in [0.2, 0.25) is 0 Å². The van der Waals surface area contributed by atoms with Crippen LogP contribution in [0.15, 0.2) is 28.1 Å². The van der Waals surface area contributed by atoms with E-state index in [1.807, 2.05) is 13.0 Å². The second kappa shape index (κ2) is 5.76. The van der Waals surface area contributed by atoms with Crippen molar-refractivity contribution >= 4 is 44.8 Å². The predicted molar refractivity (Wildman–Crippen MR) is 82.8 cm³/mol. The zero-order valence-corrected chi connectivity index (χ0v) is 13.3. The third-order valence-electron chi connectivity index (χ3n) is 2.84. The molecule has 0 radical (unpaired) electrons. The molecule has 2 N–H and O–H groups in total. The van der Waals surface area contributed by atoms with E-state index in [9.17, 15) is 9.59 Å². The van der Waals surface area contributed by atoms with Crippen LogP contribution in [0.25, 0.3) is 0 Å². The fraction of sp³-hybridized carbons (Fsp3) is 0.143. The maximum absolute atomic E-state index is 12.2. The summed E-state index contributed by atoms with van der Waals surface area (Å²) in [6.45, 7) is 3.70. The van der Waals surface area contributed by atoms with Gasteiger partial charge in [-0.15, -0.1) is 11.3 Å². The molecule has 4 nitrogen and oxygen atoms in total. The van der Waals surface area contributed by atoms with E-state index < -0.39 is 5.97 Å². The smallest absolute Gasteiger partial charge is 0.348 e. The summed E-state index contributed by atoms with van der Waals surface area (Å²) in [5.74, 6) is -1.36. The molecule has 1 heterocycles. The van der Waals surface area contributed by atoms with Gasteiger partial charge in [0.25, 0.3) is 5.91 Å². The van der Waals surface area contributed by atoms with Gasteiger partial charge in [0.2, 0.25) is 0 Å². The topological polar surface area (TPSA) is 66.4 Å². The van der Waals surface area contributed by atoms with Crippen LogP contribution >= 0.6 is 27.3 Å². The van der Waals surface area contributed by atoms with Crippen LogP contribution in [-0.4, -0.2) is 17.0 Å². The molecule has 0 fully saturated rings. The molecule has 0 saturated carbocycles. The van der Waals surface area contributed by atoms with Gasteiger partial charge in [-0.05, 0) is 42.5 Å². The molecule has 0 spiro atoms. The quantitative estimate of drug-likeness (QED) is 0.873. The number of aryl methyl sites for hydroxylation is 2. The fourth-order valence-electron chi connectivity index (χ4n) is 1.68. The summed E-state index contributed by atoms with van der Waals surface area (Å²) in [7, 11) is 0. The fourth-order valence-corrected chi connectivity index (χ4v) is 2.90. The molecule has 1 aromatic carbocycles. The lowest BCUT2D eigenvalue weighted by Gasteiger charge is -2.07. The summed E-state index contributed by atoms with van der Waals surface area (Å²) in [6, 6.07) is 5.25. The minimum absolute atomic E-state index is 0.141. The molecule has 0 aliphatic carbocycles. The van der Waals surface area contributed by atoms with Gasteiger partial charge in [-0.25, -0.2) is 4.79 Å². The molecule has 0 bridgehead atoms. The Bertz CT molecular complexity index is 694.